The molecular weight excluding hydrogens is 326 g/mol. The van der Waals surface area contributed by atoms with Crippen molar-refractivity contribution < 1.29 is 9.59 Å². The minimum atomic E-state index is -0.0250. The average Bonchev–Trinajstić information content (AvgIpc) is 2.49. The van der Waals surface area contributed by atoms with E-state index in [1.807, 2.05) is 9.80 Å². The number of carbonyl (C=O) groups excluding carboxylic acids is 2. The summed E-state index contributed by atoms with van der Waals surface area (Å²) in [5.74, 6) is 0.345. The van der Waals surface area contributed by atoms with Crippen LogP contribution in [0.3, 0.4) is 0 Å². The second kappa shape index (κ2) is 10.9. The molecule has 142 valence electrons. The van der Waals surface area contributed by atoms with Crippen molar-refractivity contribution in [3.63, 3.8) is 0 Å². The van der Waals surface area contributed by atoms with Crippen LogP contribution < -0.4 is 5.73 Å². The lowest BCUT2D eigenvalue weighted by Gasteiger charge is -2.42. The average molecular weight is 362 g/mol. The molecule has 2 amide bonds. The van der Waals surface area contributed by atoms with Crippen LogP contribution in [0.1, 0.15) is 66.2 Å². The topological polar surface area (TPSA) is 66.6 Å². The van der Waals surface area contributed by atoms with Crippen LogP contribution in [-0.2, 0) is 9.59 Å². The van der Waals surface area contributed by atoms with Crippen LogP contribution >= 0.6 is 12.4 Å². The summed E-state index contributed by atoms with van der Waals surface area (Å²) in [5, 5.41) is 0. The number of nitrogens with two attached hydrogens (primary N) is 1. The number of hydrogen-bond donors (Lipinski definition) is 1. The van der Waals surface area contributed by atoms with E-state index in [4.69, 9.17) is 5.73 Å². The monoisotopic (exact) mass is 361 g/mol. The second-order valence-electron chi connectivity index (χ2n) is 7.43. The highest BCUT2D eigenvalue weighted by Crippen LogP contribution is 2.28. The first-order valence-corrected chi connectivity index (χ1v) is 9.13. The zero-order valence-electron chi connectivity index (χ0n) is 15.8. The van der Waals surface area contributed by atoms with Crippen LogP contribution in [0, 0.1) is 5.41 Å². The van der Waals surface area contributed by atoms with Gasteiger partial charge in [-0.05, 0) is 31.1 Å². The normalized spacial score (nSPS) is 19.5. The highest BCUT2D eigenvalue weighted by Gasteiger charge is 2.35. The lowest BCUT2D eigenvalue weighted by Crippen LogP contribution is -2.53. The van der Waals surface area contributed by atoms with E-state index in [0.29, 0.717) is 19.3 Å². The summed E-state index contributed by atoms with van der Waals surface area (Å²) in [7, 11) is 0. The Balaban J connectivity index is 0.00000529. The van der Waals surface area contributed by atoms with E-state index in [9.17, 15) is 9.59 Å². The zero-order valence-corrected chi connectivity index (χ0v) is 16.7. The van der Waals surface area contributed by atoms with Crippen LogP contribution in [-0.4, -0.2) is 53.8 Å². The molecule has 24 heavy (non-hydrogen) atoms. The molecule has 1 heterocycles. The molecule has 0 spiro atoms. The van der Waals surface area contributed by atoms with E-state index in [0.717, 1.165) is 45.4 Å². The van der Waals surface area contributed by atoms with E-state index in [-0.39, 0.29) is 35.7 Å². The summed E-state index contributed by atoms with van der Waals surface area (Å²) >= 11 is 0. The molecular formula is C18H36ClN3O2. The van der Waals surface area contributed by atoms with Gasteiger partial charge in [0.2, 0.25) is 11.8 Å². The zero-order chi connectivity index (χ0) is 17.5. The maximum absolute atomic E-state index is 12.4. The molecule has 5 nitrogen and oxygen atoms in total. The summed E-state index contributed by atoms with van der Waals surface area (Å²) in [6.07, 6.45) is 4.40. The van der Waals surface area contributed by atoms with Crippen LogP contribution in [0.5, 0.6) is 0 Å². The molecule has 0 saturated carbocycles. The van der Waals surface area contributed by atoms with Crippen molar-refractivity contribution in [2.24, 2.45) is 11.1 Å². The van der Waals surface area contributed by atoms with Crippen LogP contribution in [0.25, 0.3) is 0 Å². The van der Waals surface area contributed by atoms with Crippen molar-refractivity contribution in [3.8, 4) is 0 Å². The quantitative estimate of drug-likeness (QED) is 0.722. The molecule has 1 unspecified atom stereocenters. The van der Waals surface area contributed by atoms with E-state index >= 15 is 0 Å². The van der Waals surface area contributed by atoms with Gasteiger partial charge in [0.15, 0.2) is 0 Å². The molecule has 1 saturated heterocycles. The number of amides is 2. The van der Waals surface area contributed by atoms with Gasteiger partial charge in [0.25, 0.3) is 0 Å². The Labute approximate surface area is 153 Å². The fraction of sp³-hybridized carbons (Fsp3) is 0.889. The lowest BCUT2D eigenvalue weighted by atomic mass is 9.79. The molecule has 0 aromatic rings. The van der Waals surface area contributed by atoms with Gasteiger partial charge in [-0.2, -0.15) is 0 Å². The molecule has 1 aliphatic heterocycles. The Morgan fingerprint density at radius 3 is 2.25 bits per heavy atom. The van der Waals surface area contributed by atoms with Crippen LogP contribution in [0.2, 0.25) is 0 Å². The molecule has 2 N–H and O–H groups in total. The molecule has 6 heteroatoms. The van der Waals surface area contributed by atoms with Gasteiger partial charge in [-0.15, -0.1) is 12.4 Å². The largest absolute Gasteiger partial charge is 0.343 e. The van der Waals surface area contributed by atoms with E-state index in [1.54, 1.807) is 0 Å². The van der Waals surface area contributed by atoms with Crippen molar-refractivity contribution in [2.45, 2.75) is 72.3 Å². The molecule has 0 aromatic heterocycles. The van der Waals surface area contributed by atoms with Crippen molar-refractivity contribution in [3.05, 3.63) is 0 Å². The Morgan fingerprint density at radius 2 is 1.75 bits per heavy atom. The molecule has 0 aromatic carbocycles. The highest BCUT2D eigenvalue weighted by atomic mass is 35.5. The van der Waals surface area contributed by atoms with Gasteiger partial charge < -0.3 is 15.5 Å². The number of piperidine rings is 1. The van der Waals surface area contributed by atoms with E-state index in [2.05, 4.69) is 27.7 Å². The SMILES string of the molecule is CCCN(CCC)C(=O)CCCC(=O)N1CCC(N)C(C)(C)C1.Cl. The van der Waals surface area contributed by atoms with Gasteiger partial charge >= 0.3 is 0 Å². The Morgan fingerprint density at radius 1 is 1.17 bits per heavy atom. The fourth-order valence-corrected chi connectivity index (χ4v) is 3.19. The molecule has 0 aliphatic carbocycles. The Hall–Kier alpha value is -0.810. The Kier molecular flexibility index (Phi) is 10.6. The van der Waals surface area contributed by atoms with Crippen molar-refractivity contribution in [2.75, 3.05) is 26.2 Å². The smallest absolute Gasteiger partial charge is 0.222 e. The van der Waals surface area contributed by atoms with Gasteiger partial charge in [0.05, 0.1) is 0 Å². The number of nitrogens with zero attached hydrogens (tertiary/aromatic N) is 2. The summed E-state index contributed by atoms with van der Waals surface area (Å²) in [6.45, 7) is 11.5. The van der Waals surface area contributed by atoms with Crippen molar-refractivity contribution >= 4 is 24.2 Å². The molecule has 1 rings (SSSR count). The predicted octanol–water partition coefficient (Wildman–Crippen LogP) is 2.81. The molecule has 1 aliphatic rings. The maximum Gasteiger partial charge on any atom is 0.222 e. The molecule has 1 atom stereocenters. The first-order valence-electron chi connectivity index (χ1n) is 9.13. The van der Waals surface area contributed by atoms with Crippen LogP contribution in [0.4, 0.5) is 0 Å². The second-order valence-corrected chi connectivity index (χ2v) is 7.43. The van der Waals surface area contributed by atoms with Gasteiger partial charge in [-0.3, -0.25) is 9.59 Å². The molecule has 0 radical (unpaired) electrons. The minimum absolute atomic E-state index is 0. The maximum atomic E-state index is 12.4. The van der Waals surface area contributed by atoms with Crippen molar-refractivity contribution in [1.29, 1.82) is 0 Å². The third kappa shape index (κ3) is 6.98. The predicted molar refractivity (Wildman–Crippen MR) is 101 cm³/mol. The summed E-state index contributed by atoms with van der Waals surface area (Å²) in [5.41, 5.74) is 6.09. The number of carbonyl (C=O) groups is 2. The van der Waals surface area contributed by atoms with Gasteiger partial charge in [0.1, 0.15) is 0 Å². The third-order valence-corrected chi connectivity index (χ3v) is 4.79. The standard InChI is InChI=1S/C18H35N3O2.ClH/c1-5-11-20(12-6-2)16(22)8-7-9-17(23)21-13-10-15(19)18(3,4)14-21;/h15H,5-14,19H2,1-4H3;1H. The van der Waals surface area contributed by atoms with E-state index in [1.165, 1.54) is 0 Å². The van der Waals surface area contributed by atoms with Gasteiger partial charge in [0, 0.05) is 45.1 Å². The molecule has 1 fully saturated rings. The number of rotatable bonds is 8. The summed E-state index contributed by atoms with van der Waals surface area (Å²) in [4.78, 5) is 28.4. The number of likely N-dealkylation sites (tertiary alicyclic amines) is 1. The Bertz CT molecular complexity index is 396. The lowest BCUT2D eigenvalue weighted by molar-refractivity contribution is -0.135. The molecule has 0 bridgehead atoms. The minimum Gasteiger partial charge on any atom is -0.343 e. The summed E-state index contributed by atoms with van der Waals surface area (Å²) in [6, 6.07) is 0.157. The first-order chi connectivity index (χ1) is 10.8. The number of halogens is 1. The first kappa shape index (κ1) is 23.2. The number of hydrogen-bond acceptors (Lipinski definition) is 3. The van der Waals surface area contributed by atoms with Crippen molar-refractivity contribution in [1.82, 2.24) is 9.80 Å². The van der Waals surface area contributed by atoms with E-state index < -0.39 is 0 Å². The highest BCUT2D eigenvalue weighted by molar-refractivity contribution is 5.85. The summed E-state index contributed by atoms with van der Waals surface area (Å²) < 4.78 is 0. The fourth-order valence-electron chi connectivity index (χ4n) is 3.19. The third-order valence-electron chi connectivity index (χ3n) is 4.79. The van der Waals surface area contributed by atoms with Crippen LogP contribution in [0.15, 0.2) is 0 Å². The van der Waals surface area contributed by atoms with Gasteiger partial charge in [-0.25, -0.2) is 0 Å². The van der Waals surface area contributed by atoms with Gasteiger partial charge in [-0.1, -0.05) is 27.7 Å².